The number of allylic oxidation sites excluding steroid dienone is 1. The Hall–Kier alpha value is -2.11. The molecule has 0 fully saturated rings. The van der Waals surface area contributed by atoms with E-state index >= 15 is 0 Å². The van der Waals surface area contributed by atoms with Crippen molar-refractivity contribution in [2.75, 3.05) is 0 Å². The summed E-state index contributed by atoms with van der Waals surface area (Å²) in [6.45, 7) is 1.68. The Morgan fingerprint density at radius 3 is 2.75 bits per heavy atom. The maximum Gasteiger partial charge on any atom is 0.331 e. The van der Waals surface area contributed by atoms with Crippen molar-refractivity contribution in [1.82, 2.24) is 15.1 Å². The summed E-state index contributed by atoms with van der Waals surface area (Å²) in [7, 11) is 1.68. The molecule has 0 aliphatic heterocycles. The van der Waals surface area contributed by atoms with Crippen molar-refractivity contribution in [3.63, 3.8) is 0 Å². The van der Waals surface area contributed by atoms with Gasteiger partial charge in [0.05, 0.1) is 6.20 Å². The molecular weight excluding hydrogens is 210 g/mol. The van der Waals surface area contributed by atoms with Crippen LogP contribution in [-0.4, -0.2) is 26.8 Å². The minimum absolute atomic E-state index is 0.438. The van der Waals surface area contributed by atoms with Crippen LogP contribution in [0.15, 0.2) is 24.5 Å². The lowest BCUT2D eigenvalue weighted by Gasteiger charge is -2.10. The first-order valence-electron chi connectivity index (χ1n) is 4.69. The molecule has 0 saturated carbocycles. The SMILES string of the molecule is C/C=C/C(=O)NC(C(=O)O)c1cnn(C)c1. The fourth-order valence-electron chi connectivity index (χ4n) is 1.22. The number of carbonyl (C=O) groups is 2. The van der Waals surface area contributed by atoms with Crippen molar-refractivity contribution >= 4 is 11.9 Å². The van der Waals surface area contributed by atoms with Crippen LogP contribution in [0.1, 0.15) is 18.5 Å². The molecule has 86 valence electrons. The van der Waals surface area contributed by atoms with Crippen LogP contribution in [0.2, 0.25) is 0 Å². The predicted octanol–water partition coefficient (Wildman–Crippen LogP) is 0.238. The molecule has 0 aliphatic carbocycles. The zero-order valence-corrected chi connectivity index (χ0v) is 9.04. The summed E-state index contributed by atoms with van der Waals surface area (Å²) in [6.07, 6.45) is 5.77. The summed E-state index contributed by atoms with van der Waals surface area (Å²) >= 11 is 0. The van der Waals surface area contributed by atoms with Gasteiger partial charge in [0.25, 0.3) is 0 Å². The zero-order valence-electron chi connectivity index (χ0n) is 9.04. The van der Waals surface area contributed by atoms with E-state index in [0.29, 0.717) is 5.56 Å². The first kappa shape index (κ1) is 12.0. The highest BCUT2D eigenvalue weighted by atomic mass is 16.4. The average molecular weight is 223 g/mol. The number of hydrogen-bond acceptors (Lipinski definition) is 3. The molecule has 6 nitrogen and oxygen atoms in total. The van der Waals surface area contributed by atoms with Gasteiger partial charge >= 0.3 is 5.97 Å². The van der Waals surface area contributed by atoms with Crippen molar-refractivity contribution in [2.45, 2.75) is 13.0 Å². The van der Waals surface area contributed by atoms with Crippen molar-refractivity contribution < 1.29 is 14.7 Å². The molecule has 16 heavy (non-hydrogen) atoms. The predicted molar refractivity (Wildman–Crippen MR) is 56.5 cm³/mol. The topological polar surface area (TPSA) is 84.2 Å². The van der Waals surface area contributed by atoms with Gasteiger partial charge in [0.15, 0.2) is 6.04 Å². The van der Waals surface area contributed by atoms with Crippen molar-refractivity contribution in [2.24, 2.45) is 7.05 Å². The van der Waals surface area contributed by atoms with Gasteiger partial charge in [0.1, 0.15) is 0 Å². The van der Waals surface area contributed by atoms with E-state index in [9.17, 15) is 9.59 Å². The third kappa shape index (κ3) is 2.94. The lowest BCUT2D eigenvalue weighted by atomic mass is 10.1. The molecule has 1 atom stereocenters. The molecule has 1 rings (SSSR count). The quantitative estimate of drug-likeness (QED) is 0.716. The van der Waals surface area contributed by atoms with E-state index in [0.717, 1.165) is 0 Å². The zero-order chi connectivity index (χ0) is 12.1. The third-order valence-electron chi connectivity index (χ3n) is 1.91. The van der Waals surface area contributed by atoms with Gasteiger partial charge < -0.3 is 10.4 Å². The van der Waals surface area contributed by atoms with Crippen LogP contribution in [-0.2, 0) is 16.6 Å². The number of amides is 1. The highest BCUT2D eigenvalue weighted by molar-refractivity contribution is 5.91. The van der Waals surface area contributed by atoms with E-state index in [-0.39, 0.29) is 0 Å². The molecule has 0 aliphatic rings. The molecular formula is C10H13N3O3. The number of aryl methyl sites for hydroxylation is 1. The van der Waals surface area contributed by atoms with Crippen LogP contribution in [0.5, 0.6) is 0 Å². The largest absolute Gasteiger partial charge is 0.479 e. The second-order valence-corrected chi connectivity index (χ2v) is 3.23. The van der Waals surface area contributed by atoms with Crippen molar-refractivity contribution in [3.8, 4) is 0 Å². The highest BCUT2D eigenvalue weighted by Gasteiger charge is 2.22. The molecule has 0 saturated heterocycles. The van der Waals surface area contributed by atoms with Gasteiger partial charge in [-0.05, 0) is 13.0 Å². The number of hydrogen-bond donors (Lipinski definition) is 2. The molecule has 1 aromatic heterocycles. The second-order valence-electron chi connectivity index (χ2n) is 3.23. The number of carboxylic acids is 1. The van der Waals surface area contributed by atoms with E-state index in [1.807, 2.05) is 0 Å². The Labute approximate surface area is 92.6 Å². The third-order valence-corrected chi connectivity index (χ3v) is 1.91. The van der Waals surface area contributed by atoms with Crippen LogP contribution in [0.25, 0.3) is 0 Å². The van der Waals surface area contributed by atoms with Crippen LogP contribution in [0.3, 0.4) is 0 Å². The van der Waals surface area contributed by atoms with Crippen LogP contribution in [0.4, 0.5) is 0 Å². The molecule has 0 radical (unpaired) electrons. The fraction of sp³-hybridized carbons (Fsp3) is 0.300. The summed E-state index contributed by atoms with van der Waals surface area (Å²) in [5.41, 5.74) is 0.438. The maximum absolute atomic E-state index is 11.2. The number of aliphatic carboxylic acids is 1. The summed E-state index contributed by atoms with van der Waals surface area (Å²) in [5.74, 6) is -1.57. The van der Waals surface area contributed by atoms with E-state index in [2.05, 4.69) is 10.4 Å². The fourth-order valence-corrected chi connectivity index (χ4v) is 1.22. The molecule has 1 amide bonds. The highest BCUT2D eigenvalue weighted by Crippen LogP contribution is 2.11. The van der Waals surface area contributed by atoms with Gasteiger partial charge in [-0.15, -0.1) is 0 Å². The van der Waals surface area contributed by atoms with Crippen LogP contribution in [0, 0.1) is 0 Å². The van der Waals surface area contributed by atoms with Crippen LogP contribution >= 0.6 is 0 Å². The molecule has 0 bridgehead atoms. The van der Waals surface area contributed by atoms with Gasteiger partial charge in [0, 0.05) is 18.8 Å². The molecule has 1 aromatic rings. The van der Waals surface area contributed by atoms with Crippen molar-refractivity contribution in [3.05, 3.63) is 30.1 Å². The number of rotatable bonds is 4. The number of carboxylic acid groups (broad SMARTS) is 1. The Kier molecular flexibility index (Phi) is 3.82. The molecule has 1 unspecified atom stereocenters. The average Bonchev–Trinajstić information content (AvgIpc) is 2.61. The Balaban J connectivity index is 2.84. The summed E-state index contributed by atoms with van der Waals surface area (Å²) < 4.78 is 1.48. The minimum Gasteiger partial charge on any atom is -0.479 e. The lowest BCUT2D eigenvalue weighted by molar-refractivity contribution is -0.141. The molecule has 0 spiro atoms. The number of nitrogens with one attached hydrogen (secondary N) is 1. The van der Waals surface area contributed by atoms with Crippen LogP contribution < -0.4 is 5.32 Å². The van der Waals surface area contributed by atoms with Gasteiger partial charge in [-0.25, -0.2) is 4.79 Å². The Bertz CT molecular complexity index is 423. The van der Waals surface area contributed by atoms with Gasteiger partial charge in [0.2, 0.25) is 5.91 Å². The monoisotopic (exact) mass is 223 g/mol. The molecule has 2 N–H and O–H groups in total. The molecule has 6 heteroatoms. The number of aromatic nitrogens is 2. The number of carbonyl (C=O) groups excluding carboxylic acids is 1. The molecule has 1 heterocycles. The second kappa shape index (κ2) is 5.11. The minimum atomic E-state index is -1.12. The first-order valence-corrected chi connectivity index (χ1v) is 4.69. The first-order chi connectivity index (χ1) is 7.54. The van der Waals surface area contributed by atoms with Gasteiger partial charge in [-0.3, -0.25) is 9.48 Å². The van der Waals surface area contributed by atoms with E-state index < -0.39 is 17.9 Å². The molecule has 0 aromatic carbocycles. The Morgan fingerprint density at radius 2 is 2.31 bits per heavy atom. The van der Waals surface area contributed by atoms with E-state index in [1.54, 1.807) is 20.2 Å². The van der Waals surface area contributed by atoms with Crippen molar-refractivity contribution in [1.29, 1.82) is 0 Å². The number of nitrogens with zero attached hydrogens (tertiary/aromatic N) is 2. The lowest BCUT2D eigenvalue weighted by Crippen LogP contribution is -2.32. The summed E-state index contributed by atoms with van der Waals surface area (Å²) in [4.78, 5) is 22.2. The maximum atomic E-state index is 11.2. The van der Waals surface area contributed by atoms with Gasteiger partial charge in [-0.2, -0.15) is 5.10 Å². The summed E-state index contributed by atoms with van der Waals surface area (Å²) in [6, 6.07) is -1.07. The van der Waals surface area contributed by atoms with E-state index in [4.69, 9.17) is 5.11 Å². The van der Waals surface area contributed by atoms with Gasteiger partial charge in [-0.1, -0.05) is 6.08 Å². The van der Waals surface area contributed by atoms with E-state index in [1.165, 1.54) is 23.0 Å². The normalized spacial score (nSPS) is 12.6. The Morgan fingerprint density at radius 1 is 1.62 bits per heavy atom. The smallest absolute Gasteiger partial charge is 0.331 e. The summed E-state index contributed by atoms with van der Waals surface area (Å²) in [5, 5.41) is 15.2. The standard InChI is InChI=1S/C10H13N3O3/c1-3-4-8(14)12-9(10(15)16)7-5-11-13(2)6-7/h3-6,9H,1-2H3,(H,12,14)(H,15,16)/b4-3+.